The Morgan fingerprint density at radius 3 is 2.32 bits per heavy atom. The van der Waals surface area contributed by atoms with Crippen LogP contribution in [0.2, 0.25) is 0 Å². The first kappa shape index (κ1) is 18.3. The number of hydrogen-bond donors (Lipinski definition) is 0. The topological polar surface area (TPSA) is 77.2 Å². The van der Waals surface area contributed by atoms with Gasteiger partial charge in [-0.15, -0.1) is 11.3 Å². The monoisotopic (exact) mass is 409 g/mol. The van der Waals surface area contributed by atoms with E-state index >= 15 is 0 Å². The number of hydrogen-bond acceptors (Lipinski definition) is 6. The summed E-state index contributed by atoms with van der Waals surface area (Å²) in [6.45, 7) is 1.93. The molecular formula is C21H15NO4S2. The van der Waals surface area contributed by atoms with E-state index in [1.807, 2.05) is 19.1 Å². The largest absolute Gasteiger partial charge is 0.354 e. The molecule has 0 saturated carbocycles. The molecule has 5 nitrogen and oxygen atoms in total. The zero-order chi connectivity index (χ0) is 19.7. The Kier molecular flexibility index (Phi) is 4.70. The molecule has 0 radical (unpaired) electrons. The van der Waals surface area contributed by atoms with E-state index in [1.54, 1.807) is 47.8 Å². The van der Waals surface area contributed by atoms with Crippen molar-refractivity contribution in [3.8, 4) is 11.3 Å². The van der Waals surface area contributed by atoms with Gasteiger partial charge < -0.3 is 4.52 Å². The second kappa shape index (κ2) is 7.18. The fourth-order valence-corrected chi connectivity index (χ4v) is 5.01. The Labute approximate surface area is 166 Å². The summed E-state index contributed by atoms with van der Waals surface area (Å²) < 4.78 is 32.2. The lowest BCUT2D eigenvalue weighted by molar-refractivity contribution is 0.103. The molecule has 140 valence electrons. The van der Waals surface area contributed by atoms with E-state index < -0.39 is 15.6 Å². The van der Waals surface area contributed by atoms with E-state index in [9.17, 15) is 13.2 Å². The van der Waals surface area contributed by atoms with Crippen molar-refractivity contribution in [1.82, 2.24) is 5.16 Å². The van der Waals surface area contributed by atoms with Gasteiger partial charge in [-0.3, -0.25) is 4.79 Å². The molecule has 0 aliphatic rings. The Morgan fingerprint density at radius 1 is 0.964 bits per heavy atom. The summed E-state index contributed by atoms with van der Waals surface area (Å²) in [6.07, 6.45) is 0. The highest BCUT2D eigenvalue weighted by molar-refractivity contribution is 7.91. The van der Waals surface area contributed by atoms with Crippen molar-refractivity contribution in [2.45, 2.75) is 16.7 Å². The predicted molar refractivity (Wildman–Crippen MR) is 106 cm³/mol. The first-order valence-electron chi connectivity index (χ1n) is 8.43. The molecule has 2 aromatic heterocycles. The van der Waals surface area contributed by atoms with E-state index in [0.717, 1.165) is 5.56 Å². The molecule has 28 heavy (non-hydrogen) atoms. The highest BCUT2D eigenvalue weighted by atomic mass is 32.2. The summed E-state index contributed by atoms with van der Waals surface area (Å²) in [5.41, 5.74) is 1.35. The molecule has 0 N–H and O–H groups in total. The number of rotatable bonds is 5. The molecule has 0 unspecified atom stereocenters. The van der Waals surface area contributed by atoms with Crippen molar-refractivity contribution in [2.24, 2.45) is 0 Å². The van der Waals surface area contributed by atoms with Crippen LogP contribution < -0.4 is 0 Å². The Hall–Kier alpha value is -3.03. The number of aryl methyl sites for hydroxylation is 1. The lowest BCUT2D eigenvalue weighted by Gasteiger charge is -2.06. The number of aromatic nitrogens is 1. The number of carbonyl (C=O) groups is 1. The molecule has 0 aliphatic heterocycles. The van der Waals surface area contributed by atoms with Gasteiger partial charge in [-0.05, 0) is 30.5 Å². The first-order chi connectivity index (χ1) is 13.5. The average Bonchev–Trinajstić information content (AvgIpc) is 3.39. The fourth-order valence-electron chi connectivity index (χ4n) is 2.81. The molecule has 2 heterocycles. The van der Waals surface area contributed by atoms with Gasteiger partial charge in [0.05, 0.1) is 9.77 Å². The summed E-state index contributed by atoms with van der Waals surface area (Å²) in [4.78, 5) is 13.2. The average molecular weight is 409 g/mol. The van der Waals surface area contributed by atoms with Crippen LogP contribution in [0.5, 0.6) is 0 Å². The molecule has 4 rings (SSSR count). The molecule has 0 amide bonds. The molecule has 0 saturated heterocycles. The van der Waals surface area contributed by atoms with Crippen molar-refractivity contribution >= 4 is 27.0 Å². The SMILES string of the molecule is Cc1ccc(-c2onc(C(=O)c3cccs3)c2S(=O)(=O)c2ccccc2)cc1. The Balaban J connectivity index is 1.97. The van der Waals surface area contributed by atoms with Crippen molar-refractivity contribution in [3.63, 3.8) is 0 Å². The maximum absolute atomic E-state index is 13.4. The van der Waals surface area contributed by atoms with E-state index in [0.29, 0.717) is 10.4 Å². The minimum atomic E-state index is -4.02. The summed E-state index contributed by atoms with van der Waals surface area (Å²) in [7, 11) is -4.02. The minimum Gasteiger partial charge on any atom is -0.354 e. The second-order valence-corrected chi connectivity index (χ2v) is 9.01. The third kappa shape index (κ3) is 3.19. The molecule has 0 spiro atoms. The number of sulfone groups is 1. The van der Waals surface area contributed by atoms with Crippen molar-refractivity contribution in [1.29, 1.82) is 0 Å². The molecule has 0 aliphatic carbocycles. The van der Waals surface area contributed by atoms with Crippen LogP contribution in [-0.2, 0) is 9.84 Å². The third-order valence-electron chi connectivity index (χ3n) is 4.25. The number of ketones is 1. The normalized spacial score (nSPS) is 11.5. The first-order valence-corrected chi connectivity index (χ1v) is 10.8. The van der Waals surface area contributed by atoms with Gasteiger partial charge in [0.15, 0.2) is 16.3 Å². The second-order valence-electron chi connectivity index (χ2n) is 6.18. The predicted octanol–water partition coefficient (Wildman–Crippen LogP) is 4.78. The van der Waals surface area contributed by atoms with Gasteiger partial charge in [0.25, 0.3) is 0 Å². The van der Waals surface area contributed by atoms with Gasteiger partial charge in [-0.25, -0.2) is 8.42 Å². The fraction of sp³-hybridized carbons (Fsp3) is 0.0476. The van der Waals surface area contributed by atoms with Crippen LogP contribution in [0.1, 0.15) is 20.9 Å². The maximum atomic E-state index is 13.4. The minimum absolute atomic E-state index is 0.0590. The van der Waals surface area contributed by atoms with Gasteiger partial charge in [-0.1, -0.05) is 59.3 Å². The van der Waals surface area contributed by atoms with E-state index in [2.05, 4.69) is 5.16 Å². The van der Waals surface area contributed by atoms with Crippen LogP contribution in [0.15, 0.2) is 86.4 Å². The van der Waals surface area contributed by atoms with Crippen molar-refractivity contribution in [2.75, 3.05) is 0 Å². The van der Waals surface area contributed by atoms with Crippen LogP contribution in [-0.4, -0.2) is 19.4 Å². The highest BCUT2D eigenvalue weighted by Crippen LogP contribution is 2.35. The van der Waals surface area contributed by atoms with Crippen molar-refractivity contribution < 1.29 is 17.7 Å². The molecular weight excluding hydrogens is 394 g/mol. The van der Waals surface area contributed by atoms with Gasteiger partial charge in [0.2, 0.25) is 15.6 Å². The van der Waals surface area contributed by atoms with Crippen molar-refractivity contribution in [3.05, 3.63) is 88.2 Å². The van der Waals surface area contributed by atoms with Crippen LogP contribution >= 0.6 is 11.3 Å². The van der Waals surface area contributed by atoms with E-state index in [-0.39, 0.29) is 21.2 Å². The van der Waals surface area contributed by atoms with Gasteiger partial charge in [-0.2, -0.15) is 0 Å². The molecule has 0 fully saturated rings. The highest BCUT2D eigenvalue weighted by Gasteiger charge is 2.34. The number of carbonyl (C=O) groups excluding carboxylic acids is 1. The van der Waals surface area contributed by atoms with E-state index in [1.165, 1.54) is 23.5 Å². The van der Waals surface area contributed by atoms with Gasteiger partial charge in [0, 0.05) is 5.56 Å². The standard InChI is InChI=1S/C21H15NO4S2/c1-14-9-11-15(12-10-14)20-21(28(24,25)16-6-3-2-4-7-16)18(22-26-20)19(23)17-8-5-13-27-17/h2-13H,1H3. The number of benzene rings is 2. The van der Waals surface area contributed by atoms with Gasteiger partial charge in [0.1, 0.15) is 0 Å². The van der Waals surface area contributed by atoms with Crippen LogP contribution in [0.3, 0.4) is 0 Å². The summed E-state index contributed by atoms with van der Waals surface area (Å²) in [5, 5.41) is 5.62. The van der Waals surface area contributed by atoms with Crippen LogP contribution in [0.4, 0.5) is 0 Å². The molecule has 7 heteroatoms. The lowest BCUT2D eigenvalue weighted by Crippen LogP contribution is -2.10. The van der Waals surface area contributed by atoms with Crippen LogP contribution in [0, 0.1) is 6.92 Å². The maximum Gasteiger partial charge on any atom is 0.226 e. The lowest BCUT2D eigenvalue weighted by atomic mass is 10.1. The Bertz CT molecular complexity index is 1220. The summed E-state index contributed by atoms with van der Waals surface area (Å²) >= 11 is 1.22. The third-order valence-corrected chi connectivity index (χ3v) is 6.92. The zero-order valence-corrected chi connectivity index (χ0v) is 16.5. The number of nitrogens with zero attached hydrogens (tertiary/aromatic N) is 1. The smallest absolute Gasteiger partial charge is 0.226 e. The quantitative estimate of drug-likeness (QED) is 0.444. The molecule has 0 atom stereocenters. The Morgan fingerprint density at radius 2 is 1.68 bits per heavy atom. The molecule has 2 aromatic carbocycles. The number of thiophene rings is 1. The van der Waals surface area contributed by atoms with Gasteiger partial charge >= 0.3 is 0 Å². The van der Waals surface area contributed by atoms with E-state index in [4.69, 9.17) is 4.52 Å². The molecule has 0 bridgehead atoms. The zero-order valence-electron chi connectivity index (χ0n) is 14.8. The van der Waals surface area contributed by atoms with Crippen LogP contribution in [0.25, 0.3) is 11.3 Å². The summed E-state index contributed by atoms with van der Waals surface area (Å²) in [5.74, 6) is -0.421. The molecule has 4 aromatic rings. The summed E-state index contributed by atoms with van der Waals surface area (Å²) in [6, 6.07) is 18.5.